The molecule has 0 radical (unpaired) electrons. The fraction of sp³-hybridized carbons (Fsp3) is 0.625. The Morgan fingerprint density at radius 3 is 2.25 bits per heavy atom. The molecule has 1 atom stereocenters. The zero-order chi connectivity index (χ0) is 14.1. The molecule has 2 saturated carbocycles. The Balaban J connectivity index is 1.79. The highest BCUT2D eigenvalue weighted by atomic mass is 79.9. The van der Waals surface area contributed by atoms with E-state index in [1.165, 1.54) is 44.3 Å². The number of hydrogen-bond acceptors (Lipinski definition) is 2. The summed E-state index contributed by atoms with van der Waals surface area (Å²) in [5.74, 6) is 1.79. The molecule has 2 aliphatic carbocycles. The van der Waals surface area contributed by atoms with Crippen LogP contribution in [0.15, 0.2) is 22.7 Å². The van der Waals surface area contributed by atoms with E-state index in [-0.39, 0.29) is 0 Å². The molecule has 0 amide bonds. The first-order chi connectivity index (χ1) is 9.67. The molecule has 20 heavy (non-hydrogen) atoms. The summed E-state index contributed by atoms with van der Waals surface area (Å²) >= 11 is 9.71. The van der Waals surface area contributed by atoms with E-state index < -0.39 is 0 Å². The Morgan fingerprint density at radius 2 is 1.80 bits per heavy atom. The summed E-state index contributed by atoms with van der Waals surface area (Å²) < 4.78 is 1.08. The number of halogens is 2. The summed E-state index contributed by atoms with van der Waals surface area (Å²) in [5.41, 5.74) is 7.39. The quantitative estimate of drug-likeness (QED) is 0.791. The van der Waals surface area contributed by atoms with Crippen molar-refractivity contribution in [1.82, 2.24) is 4.90 Å². The predicted octanol–water partition coefficient (Wildman–Crippen LogP) is 4.22. The van der Waals surface area contributed by atoms with Crippen LogP contribution in [0.3, 0.4) is 0 Å². The van der Waals surface area contributed by atoms with Gasteiger partial charge in [-0.3, -0.25) is 4.90 Å². The fourth-order valence-corrected chi connectivity index (χ4v) is 3.78. The SMILES string of the molecule is NCC(c1ccc(Cl)cc1Br)N(CC1CC1)CC1CC1. The van der Waals surface area contributed by atoms with E-state index in [2.05, 4.69) is 26.9 Å². The summed E-state index contributed by atoms with van der Waals surface area (Å²) in [6.45, 7) is 3.07. The zero-order valence-corrected chi connectivity index (χ0v) is 14.0. The summed E-state index contributed by atoms with van der Waals surface area (Å²) in [6, 6.07) is 6.38. The lowest BCUT2D eigenvalue weighted by molar-refractivity contribution is 0.184. The lowest BCUT2D eigenvalue weighted by Gasteiger charge is -2.32. The van der Waals surface area contributed by atoms with Gasteiger partial charge in [0.15, 0.2) is 0 Å². The summed E-state index contributed by atoms with van der Waals surface area (Å²) in [5, 5.41) is 0.771. The van der Waals surface area contributed by atoms with Crippen LogP contribution >= 0.6 is 27.5 Å². The molecule has 2 aliphatic rings. The van der Waals surface area contributed by atoms with Crippen molar-refractivity contribution < 1.29 is 0 Å². The van der Waals surface area contributed by atoms with E-state index in [4.69, 9.17) is 17.3 Å². The van der Waals surface area contributed by atoms with Gasteiger partial charge in [0.1, 0.15) is 0 Å². The standard InChI is InChI=1S/C16H22BrClN2/c17-15-7-13(18)5-6-14(15)16(8-19)20(9-11-1-2-11)10-12-3-4-12/h5-7,11-12,16H,1-4,8-10,19H2. The Kier molecular flexibility index (Phi) is 4.71. The van der Waals surface area contributed by atoms with Crippen LogP contribution in [-0.4, -0.2) is 24.5 Å². The van der Waals surface area contributed by atoms with Gasteiger partial charge in [0, 0.05) is 35.2 Å². The minimum absolute atomic E-state index is 0.308. The van der Waals surface area contributed by atoms with E-state index in [0.29, 0.717) is 12.6 Å². The van der Waals surface area contributed by atoms with E-state index >= 15 is 0 Å². The smallest absolute Gasteiger partial charge is 0.0481 e. The molecule has 0 aromatic heterocycles. The molecule has 2 nitrogen and oxygen atoms in total. The molecule has 1 aromatic carbocycles. The van der Waals surface area contributed by atoms with Gasteiger partial charge in [-0.15, -0.1) is 0 Å². The van der Waals surface area contributed by atoms with Crippen LogP contribution in [-0.2, 0) is 0 Å². The Hall–Kier alpha value is -0.0900. The number of rotatable bonds is 7. The monoisotopic (exact) mass is 356 g/mol. The summed E-state index contributed by atoms with van der Waals surface area (Å²) in [6.07, 6.45) is 5.56. The van der Waals surface area contributed by atoms with E-state index in [1.54, 1.807) is 0 Å². The molecule has 2 fully saturated rings. The Morgan fingerprint density at radius 1 is 1.20 bits per heavy atom. The van der Waals surface area contributed by atoms with Crippen molar-refractivity contribution in [3.8, 4) is 0 Å². The van der Waals surface area contributed by atoms with Gasteiger partial charge < -0.3 is 5.73 Å². The van der Waals surface area contributed by atoms with Crippen molar-refractivity contribution in [3.63, 3.8) is 0 Å². The van der Waals surface area contributed by atoms with Gasteiger partial charge in [-0.2, -0.15) is 0 Å². The highest BCUT2D eigenvalue weighted by Gasteiger charge is 2.33. The second-order valence-electron chi connectivity index (χ2n) is 6.26. The van der Waals surface area contributed by atoms with Crippen molar-refractivity contribution in [2.45, 2.75) is 31.7 Å². The minimum atomic E-state index is 0.308. The topological polar surface area (TPSA) is 29.3 Å². The summed E-state index contributed by atoms with van der Waals surface area (Å²) in [4.78, 5) is 2.61. The van der Waals surface area contributed by atoms with Crippen LogP contribution in [0.4, 0.5) is 0 Å². The number of nitrogens with zero attached hydrogens (tertiary/aromatic N) is 1. The number of hydrogen-bond donors (Lipinski definition) is 1. The molecular formula is C16H22BrClN2. The first-order valence-corrected chi connectivity index (χ1v) is 8.73. The van der Waals surface area contributed by atoms with Gasteiger partial charge >= 0.3 is 0 Å². The molecule has 3 rings (SSSR count). The van der Waals surface area contributed by atoms with E-state index in [9.17, 15) is 0 Å². The predicted molar refractivity (Wildman–Crippen MR) is 88.0 cm³/mol. The maximum Gasteiger partial charge on any atom is 0.0481 e. The van der Waals surface area contributed by atoms with Gasteiger partial charge in [0.25, 0.3) is 0 Å². The largest absolute Gasteiger partial charge is 0.329 e. The van der Waals surface area contributed by atoms with Crippen LogP contribution in [0.1, 0.15) is 37.3 Å². The third kappa shape index (κ3) is 3.76. The normalized spacial score (nSPS) is 20.4. The third-order valence-corrected chi connectivity index (χ3v) is 5.29. The molecule has 1 unspecified atom stereocenters. The molecule has 2 N–H and O–H groups in total. The van der Waals surface area contributed by atoms with Crippen LogP contribution < -0.4 is 5.73 Å². The molecule has 0 bridgehead atoms. The second-order valence-corrected chi connectivity index (χ2v) is 7.55. The van der Waals surface area contributed by atoms with Crippen molar-refractivity contribution in [2.75, 3.05) is 19.6 Å². The molecule has 110 valence electrons. The molecule has 0 spiro atoms. The lowest BCUT2D eigenvalue weighted by Crippen LogP contribution is -2.37. The Labute approximate surface area is 134 Å². The molecular weight excluding hydrogens is 336 g/mol. The molecule has 1 aromatic rings. The average Bonchev–Trinajstić information content (AvgIpc) is 3.28. The lowest BCUT2D eigenvalue weighted by atomic mass is 10.0. The zero-order valence-electron chi connectivity index (χ0n) is 11.7. The van der Waals surface area contributed by atoms with Crippen LogP contribution in [0.5, 0.6) is 0 Å². The maximum absolute atomic E-state index is 6.11. The molecule has 0 aliphatic heterocycles. The van der Waals surface area contributed by atoms with Gasteiger partial charge in [-0.25, -0.2) is 0 Å². The van der Waals surface area contributed by atoms with E-state index in [0.717, 1.165) is 21.3 Å². The average molecular weight is 358 g/mol. The second kappa shape index (κ2) is 6.35. The van der Waals surface area contributed by atoms with E-state index in [1.807, 2.05) is 12.1 Å². The van der Waals surface area contributed by atoms with Crippen molar-refractivity contribution in [2.24, 2.45) is 17.6 Å². The molecule has 0 heterocycles. The Bertz CT molecular complexity index is 458. The van der Waals surface area contributed by atoms with Crippen molar-refractivity contribution in [1.29, 1.82) is 0 Å². The highest BCUT2D eigenvalue weighted by molar-refractivity contribution is 9.10. The van der Waals surface area contributed by atoms with Crippen LogP contribution in [0.2, 0.25) is 5.02 Å². The van der Waals surface area contributed by atoms with Crippen molar-refractivity contribution in [3.05, 3.63) is 33.3 Å². The maximum atomic E-state index is 6.11. The van der Waals surface area contributed by atoms with Gasteiger partial charge in [-0.1, -0.05) is 33.6 Å². The van der Waals surface area contributed by atoms with Crippen molar-refractivity contribution >= 4 is 27.5 Å². The first kappa shape index (κ1) is 14.8. The number of benzene rings is 1. The minimum Gasteiger partial charge on any atom is -0.329 e. The van der Waals surface area contributed by atoms with Crippen LogP contribution in [0, 0.1) is 11.8 Å². The first-order valence-electron chi connectivity index (χ1n) is 7.56. The summed E-state index contributed by atoms with van der Waals surface area (Å²) in [7, 11) is 0. The van der Waals surface area contributed by atoms with Gasteiger partial charge in [0.2, 0.25) is 0 Å². The third-order valence-electron chi connectivity index (χ3n) is 4.36. The number of nitrogens with two attached hydrogens (primary N) is 1. The van der Waals surface area contributed by atoms with Crippen LogP contribution in [0.25, 0.3) is 0 Å². The van der Waals surface area contributed by atoms with Gasteiger partial charge in [0.05, 0.1) is 0 Å². The highest BCUT2D eigenvalue weighted by Crippen LogP contribution is 2.38. The fourth-order valence-electron chi connectivity index (χ4n) is 2.84. The molecule has 4 heteroatoms. The van der Waals surface area contributed by atoms with Gasteiger partial charge in [-0.05, 0) is 55.2 Å². The molecule has 0 saturated heterocycles.